The molecule has 1 aromatic heterocycles. The fourth-order valence-corrected chi connectivity index (χ4v) is 5.62. The predicted octanol–water partition coefficient (Wildman–Crippen LogP) is 3.66. The molecule has 2 atom stereocenters. The summed E-state index contributed by atoms with van der Waals surface area (Å²) in [4.78, 5) is 30.7. The molecular formula is C19H22N2O4S2. The highest BCUT2D eigenvalue weighted by Gasteiger charge is 2.32. The van der Waals surface area contributed by atoms with Crippen molar-refractivity contribution < 1.29 is 19.8 Å². The smallest absolute Gasteiger partial charge is 0.308 e. The lowest BCUT2D eigenvalue weighted by Crippen LogP contribution is -2.31. The van der Waals surface area contributed by atoms with Crippen LogP contribution in [0.3, 0.4) is 0 Å². The lowest BCUT2D eigenvalue weighted by Gasteiger charge is -2.21. The second-order valence-electron chi connectivity index (χ2n) is 6.58. The van der Waals surface area contributed by atoms with Crippen LogP contribution in [0.5, 0.6) is 0 Å². The molecule has 1 fully saturated rings. The van der Waals surface area contributed by atoms with Gasteiger partial charge in [0.05, 0.1) is 24.7 Å². The van der Waals surface area contributed by atoms with E-state index >= 15 is 0 Å². The Labute approximate surface area is 165 Å². The third kappa shape index (κ3) is 4.81. The quantitative estimate of drug-likeness (QED) is 0.650. The highest BCUT2D eigenvalue weighted by Crippen LogP contribution is 2.38. The van der Waals surface area contributed by atoms with Gasteiger partial charge in [-0.1, -0.05) is 18.2 Å². The summed E-state index contributed by atoms with van der Waals surface area (Å²) < 4.78 is 1.13. The molecule has 0 spiro atoms. The topological polar surface area (TPSA) is 90.2 Å². The fraction of sp³-hybridized carbons (Fsp3) is 0.421. The molecule has 3 rings (SSSR count). The standard InChI is InChI=1S/C19H22N2O4S2/c1-21-8-4-7-17(21)20-10-15(13(19(24)25)9-18(22)23)27-16-11-26-14-6-3-2-5-12(14)16/h2-3,5-6,11,13,15H,4,7-10H2,1H3,(H,22,23)(H,24,25). The Morgan fingerprint density at radius 1 is 1.33 bits per heavy atom. The number of fused-ring (bicyclic) bond motifs is 1. The largest absolute Gasteiger partial charge is 0.481 e. The van der Waals surface area contributed by atoms with Gasteiger partial charge in [-0.05, 0) is 12.5 Å². The second kappa shape index (κ2) is 8.75. The monoisotopic (exact) mass is 406 g/mol. The van der Waals surface area contributed by atoms with Gasteiger partial charge in [0, 0.05) is 45.6 Å². The van der Waals surface area contributed by atoms with E-state index in [9.17, 15) is 19.8 Å². The van der Waals surface area contributed by atoms with Crippen LogP contribution in [0.4, 0.5) is 0 Å². The van der Waals surface area contributed by atoms with E-state index in [2.05, 4.69) is 9.89 Å². The number of likely N-dealkylation sites (tertiary alicyclic amines) is 1. The maximum atomic E-state index is 11.8. The zero-order valence-corrected chi connectivity index (χ0v) is 16.6. The number of thioether (sulfide) groups is 1. The maximum Gasteiger partial charge on any atom is 0.308 e. The molecule has 2 unspecified atom stereocenters. The molecule has 0 aliphatic carbocycles. The Kier molecular flexibility index (Phi) is 6.38. The number of rotatable bonds is 8. The van der Waals surface area contributed by atoms with Crippen LogP contribution in [0.25, 0.3) is 10.1 Å². The third-order valence-corrected chi connectivity index (χ3v) is 7.16. The van der Waals surface area contributed by atoms with Gasteiger partial charge in [-0.3, -0.25) is 14.6 Å². The van der Waals surface area contributed by atoms with Gasteiger partial charge >= 0.3 is 11.9 Å². The van der Waals surface area contributed by atoms with E-state index in [-0.39, 0.29) is 0 Å². The summed E-state index contributed by atoms with van der Waals surface area (Å²) in [6, 6.07) is 7.96. The Bertz CT molecular complexity index is 864. The second-order valence-corrected chi connectivity index (χ2v) is 8.77. The lowest BCUT2D eigenvalue weighted by atomic mass is 10.0. The fourth-order valence-electron chi connectivity index (χ4n) is 3.21. The zero-order valence-electron chi connectivity index (χ0n) is 15.0. The molecule has 0 radical (unpaired) electrons. The highest BCUT2D eigenvalue weighted by atomic mass is 32.2. The zero-order chi connectivity index (χ0) is 19.4. The van der Waals surface area contributed by atoms with E-state index in [0.717, 1.165) is 40.2 Å². The SMILES string of the molecule is CN1CCCC1=NCC(Sc1csc2ccccc12)C(CC(=O)O)C(=O)O. The minimum absolute atomic E-state index is 0.290. The molecular weight excluding hydrogens is 384 g/mol. The van der Waals surface area contributed by atoms with Gasteiger partial charge in [0.2, 0.25) is 0 Å². The predicted molar refractivity (Wildman–Crippen MR) is 109 cm³/mol. The molecule has 8 heteroatoms. The summed E-state index contributed by atoms with van der Waals surface area (Å²) in [6.07, 6.45) is 1.52. The van der Waals surface area contributed by atoms with Gasteiger partial charge in [0.25, 0.3) is 0 Å². The van der Waals surface area contributed by atoms with Crippen LogP contribution >= 0.6 is 23.1 Å². The molecule has 27 heavy (non-hydrogen) atoms. The van der Waals surface area contributed by atoms with Crippen LogP contribution in [0.15, 0.2) is 39.5 Å². The van der Waals surface area contributed by atoms with Crippen molar-refractivity contribution in [2.45, 2.75) is 29.4 Å². The first-order chi connectivity index (χ1) is 13.0. The number of thiophene rings is 1. The van der Waals surface area contributed by atoms with Crippen molar-refractivity contribution in [3.05, 3.63) is 29.6 Å². The first kappa shape index (κ1) is 19.7. The maximum absolute atomic E-state index is 11.8. The molecule has 0 amide bonds. The van der Waals surface area contributed by atoms with Crippen molar-refractivity contribution in [2.75, 3.05) is 20.1 Å². The highest BCUT2D eigenvalue weighted by molar-refractivity contribution is 8.00. The van der Waals surface area contributed by atoms with Gasteiger partial charge in [0.1, 0.15) is 0 Å². The van der Waals surface area contributed by atoms with Gasteiger partial charge < -0.3 is 15.1 Å². The molecule has 2 heterocycles. The van der Waals surface area contributed by atoms with Crippen molar-refractivity contribution in [1.29, 1.82) is 0 Å². The number of aliphatic carboxylic acids is 2. The van der Waals surface area contributed by atoms with Gasteiger partial charge in [-0.15, -0.1) is 23.1 Å². The van der Waals surface area contributed by atoms with Crippen molar-refractivity contribution in [1.82, 2.24) is 4.90 Å². The van der Waals surface area contributed by atoms with Crippen LogP contribution in [0, 0.1) is 5.92 Å². The van der Waals surface area contributed by atoms with Gasteiger partial charge in [-0.2, -0.15) is 0 Å². The number of hydrogen-bond donors (Lipinski definition) is 2. The Morgan fingerprint density at radius 2 is 2.11 bits per heavy atom. The number of hydrogen-bond acceptors (Lipinski definition) is 5. The van der Waals surface area contributed by atoms with E-state index in [0.29, 0.717) is 6.54 Å². The average Bonchev–Trinajstić information content (AvgIpc) is 3.22. The molecule has 0 saturated carbocycles. The van der Waals surface area contributed by atoms with Gasteiger partial charge in [-0.25, -0.2) is 0 Å². The number of nitrogens with zero attached hydrogens (tertiary/aromatic N) is 2. The van der Waals surface area contributed by atoms with Crippen LogP contribution in [-0.2, 0) is 9.59 Å². The number of carboxylic acid groups (broad SMARTS) is 2. The van der Waals surface area contributed by atoms with Crippen LogP contribution in [-0.4, -0.2) is 58.3 Å². The molecule has 2 N–H and O–H groups in total. The van der Waals surface area contributed by atoms with Crippen LogP contribution in [0.1, 0.15) is 19.3 Å². The Balaban J connectivity index is 1.88. The van der Waals surface area contributed by atoms with Crippen molar-refractivity contribution in [3.8, 4) is 0 Å². The number of aliphatic imine (C=N–C) groups is 1. The lowest BCUT2D eigenvalue weighted by molar-refractivity contribution is -0.148. The minimum Gasteiger partial charge on any atom is -0.481 e. The van der Waals surface area contributed by atoms with E-state index in [1.165, 1.54) is 11.8 Å². The summed E-state index contributed by atoms with van der Waals surface area (Å²) in [5, 5.41) is 21.5. The number of carbonyl (C=O) groups is 2. The molecule has 1 saturated heterocycles. The molecule has 1 aliphatic rings. The molecule has 1 aromatic carbocycles. The van der Waals surface area contributed by atoms with E-state index in [4.69, 9.17) is 0 Å². The number of carboxylic acids is 2. The van der Waals surface area contributed by atoms with Crippen LogP contribution < -0.4 is 0 Å². The van der Waals surface area contributed by atoms with E-state index in [1.54, 1.807) is 11.3 Å². The molecule has 144 valence electrons. The van der Waals surface area contributed by atoms with Crippen molar-refractivity contribution in [2.24, 2.45) is 10.9 Å². The van der Waals surface area contributed by atoms with E-state index in [1.807, 2.05) is 36.7 Å². The van der Waals surface area contributed by atoms with Crippen LogP contribution in [0.2, 0.25) is 0 Å². The molecule has 0 bridgehead atoms. The van der Waals surface area contributed by atoms with Crippen molar-refractivity contribution >= 4 is 51.0 Å². The summed E-state index contributed by atoms with van der Waals surface area (Å²) in [6.45, 7) is 1.24. The molecule has 6 nitrogen and oxygen atoms in total. The summed E-state index contributed by atoms with van der Waals surface area (Å²) in [5.41, 5.74) is 0. The first-order valence-electron chi connectivity index (χ1n) is 8.77. The normalized spacial score (nSPS) is 18.1. The summed E-state index contributed by atoms with van der Waals surface area (Å²) in [5.74, 6) is -2.22. The van der Waals surface area contributed by atoms with E-state index < -0.39 is 29.5 Å². The summed E-state index contributed by atoms with van der Waals surface area (Å²) in [7, 11) is 1.98. The Morgan fingerprint density at radius 3 is 2.78 bits per heavy atom. The minimum atomic E-state index is -1.10. The average molecular weight is 407 g/mol. The third-order valence-electron chi connectivity index (χ3n) is 4.67. The summed E-state index contributed by atoms with van der Waals surface area (Å²) >= 11 is 3.03. The first-order valence-corrected chi connectivity index (χ1v) is 10.5. The number of benzene rings is 1. The molecule has 2 aromatic rings. The molecule has 1 aliphatic heterocycles. The van der Waals surface area contributed by atoms with Crippen molar-refractivity contribution in [3.63, 3.8) is 0 Å². The Hall–Kier alpha value is -2.06. The van der Waals surface area contributed by atoms with Gasteiger partial charge in [0.15, 0.2) is 0 Å². The number of amidine groups is 1.